The average molecular weight is 505 g/mol. The van der Waals surface area contributed by atoms with Crippen molar-refractivity contribution in [2.45, 2.75) is 6.54 Å². The summed E-state index contributed by atoms with van der Waals surface area (Å²) < 4.78 is 27.1. The van der Waals surface area contributed by atoms with Gasteiger partial charge in [-0.3, -0.25) is 9.59 Å². The molecule has 0 saturated carbocycles. The van der Waals surface area contributed by atoms with Gasteiger partial charge in [0.1, 0.15) is 11.5 Å². The molecule has 0 atom stereocenters. The number of methoxy groups -OCH3 is 5. The first kappa shape index (κ1) is 25.4. The van der Waals surface area contributed by atoms with E-state index >= 15 is 0 Å². The number of amides is 1. The number of rotatable bonds is 9. The van der Waals surface area contributed by atoms with Crippen molar-refractivity contribution in [3.05, 3.63) is 82.1 Å². The van der Waals surface area contributed by atoms with Gasteiger partial charge in [-0.1, -0.05) is 12.1 Å². The largest absolute Gasteiger partial charge is 0.497 e. The minimum Gasteiger partial charge on any atom is -0.497 e. The first-order valence-electron chi connectivity index (χ1n) is 11.4. The van der Waals surface area contributed by atoms with Crippen LogP contribution in [0.3, 0.4) is 0 Å². The summed E-state index contributed by atoms with van der Waals surface area (Å²) >= 11 is 0. The highest BCUT2D eigenvalue weighted by atomic mass is 16.5. The summed E-state index contributed by atoms with van der Waals surface area (Å²) in [7, 11) is 7.54. The van der Waals surface area contributed by atoms with E-state index in [0.717, 1.165) is 5.39 Å². The summed E-state index contributed by atoms with van der Waals surface area (Å²) in [6.07, 6.45) is 0. The van der Waals surface area contributed by atoms with Crippen LogP contribution in [0.5, 0.6) is 28.7 Å². The second-order valence-corrected chi connectivity index (χ2v) is 8.05. The molecule has 0 aliphatic rings. The van der Waals surface area contributed by atoms with Crippen LogP contribution in [0.1, 0.15) is 15.9 Å². The van der Waals surface area contributed by atoms with Gasteiger partial charge in [-0.05, 0) is 47.9 Å². The minimum absolute atomic E-state index is 0.0207. The molecule has 9 heteroatoms. The van der Waals surface area contributed by atoms with Crippen molar-refractivity contribution in [2.24, 2.45) is 0 Å². The lowest BCUT2D eigenvalue weighted by Gasteiger charge is -2.25. The predicted molar refractivity (Wildman–Crippen MR) is 141 cm³/mol. The highest BCUT2D eigenvalue weighted by molar-refractivity contribution is 6.07. The highest BCUT2D eigenvalue weighted by Crippen LogP contribution is 2.39. The van der Waals surface area contributed by atoms with Crippen molar-refractivity contribution < 1.29 is 28.5 Å². The summed E-state index contributed by atoms with van der Waals surface area (Å²) in [5.74, 6) is 1.75. The minimum atomic E-state index is -0.391. The van der Waals surface area contributed by atoms with Crippen molar-refractivity contribution in [2.75, 3.05) is 40.4 Å². The average Bonchev–Trinajstić information content (AvgIpc) is 2.94. The number of ether oxygens (including phenoxy) is 5. The third-order valence-corrected chi connectivity index (χ3v) is 5.99. The van der Waals surface area contributed by atoms with Gasteiger partial charge in [-0.25, -0.2) is 0 Å². The zero-order valence-corrected chi connectivity index (χ0v) is 21.3. The Labute approximate surface area is 214 Å². The molecule has 0 radical (unpaired) electrons. The fraction of sp³-hybridized carbons (Fsp3) is 0.214. The Hall–Kier alpha value is -4.66. The summed E-state index contributed by atoms with van der Waals surface area (Å²) in [4.78, 5) is 31.5. The SMILES string of the molecule is COc1ccc2cc(CN(C(=O)c3cc(OC)c(OC)c(OC)c3)c3ccccc3OC)c(=O)[nH]c2c1. The van der Waals surface area contributed by atoms with Crippen LogP contribution in [-0.4, -0.2) is 46.4 Å². The zero-order valence-electron chi connectivity index (χ0n) is 21.3. The maximum absolute atomic E-state index is 14.0. The van der Waals surface area contributed by atoms with E-state index in [4.69, 9.17) is 23.7 Å². The highest BCUT2D eigenvalue weighted by Gasteiger charge is 2.25. The maximum Gasteiger partial charge on any atom is 0.258 e. The number of hydrogen-bond acceptors (Lipinski definition) is 7. The van der Waals surface area contributed by atoms with Crippen LogP contribution in [0.2, 0.25) is 0 Å². The molecule has 3 aromatic carbocycles. The Morgan fingerprint density at radius 3 is 2.08 bits per heavy atom. The van der Waals surface area contributed by atoms with Crippen LogP contribution >= 0.6 is 0 Å². The second kappa shape index (κ2) is 10.9. The van der Waals surface area contributed by atoms with Gasteiger partial charge < -0.3 is 33.6 Å². The maximum atomic E-state index is 14.0. The smallest absolute Gasteiger partial charge is 0.258 e. The Morgan fingerprint density at radius 2 is 1.46 bits per heavy atom. The van der Waals surface area contributed by atoms with Crippen molar-refractivity contribution in [3.63, 3.8) is 0 Å². The number of benzene rings is 3. The lowest BCUT2D eigenvalue weighted by atomic mass is 10.1. The molecule has 0 aliphatic carbocycles. The molecule has 192 valence electrons. The van der Waals surface area contributed by atoms with E-state index in [2.05, 4.69) is 4.98 Å². The first-order chi connectivity index (χ1) is 17.9. The van der Waals surface area contributed by atoms with Gasteiger partial charge in [0.25, 0.3) is 11.5 Å². The number of aromatic amines is 1. The molecular formula is C28H28N2O7. The number of aromatic nitrogens is 1. The van der Waals surface area contributed by atoms with Crippen LogP contribution in [0.15, 0.2) is 65.5 Å². The monoisotopic (exact) mass is 504 g/mol. The lowest BCUT2D eigenvalue weighted by Crippen LogP contribution is -2.33. The quantitative estimate of drug-likeness (QED) is 0.360. The van der Waals surface area contributed by atoms with Crippen LogP contribution in [0.25, 0.3) is 10.9 Å². The molecule has 4 aromatic rings. The molecule has 0 fully saturated rings. The van der Waals surface area contributed by atoms with E-state index < -0.39 is 5.91 Å². The van der Waals surface area contributed by atoms with E-state index in [1.54, 1.807) is 55.6 Å². The molecule has 1 amide bonds. The number of carbonyl (C=O) groups excluding carboxylic acids is 1. The van der Waals surface area contributed by atoms with E-state index in [-0.39, 0.29) is 17.7 Å². The van der Waals surface area contributed by atoms with Crippen LogP contribution in [0, 0.1) is 0 Å². The van der Waals surface area contributed by atoms with Crippen molar-refractivity contribution >= 4 is 22.5 Å². The van der Waals surface area contributed by atoms with E-state index in [0.29, 0.717) is 45.5 Å². The molecule has 9 nitrogen and oxygen atoms in total. The Balaban J connectivity index is 1.85. The molecule has 0 bridgehead atoms. The standard InChI is InChI=1S/C28H28N2O7/c1-33-20-11-10-17-12-19(27(31)29-21(17)15-20)16-30(22-8-6-7-9-23(22)34-2)28(32)18-13-24(35-3)26(37-5)25(14-18)36-4/h6-15H,16H2,1-5H3,(H,29,31). The first-order valence-corrected chi connectivity index (χ1v) is 11.4. The molecule has 0 spiro atoms. The van der Waals surface area contributed by atoms with Gasteiger partial charge in [0, 0.05) is 17.2 Å². The summed E-state index contributed by atoms with van der Waals surface area (Å²) in [6, 6.07) is 17.4. The number of anilines is 1. The number of fused-ring (bicyclic) bond motifs is 1. The topological polar surface area (TPSA) is 99.3 Å². The number of carbonyl (C=O) groups is 1. The number of nitrogens with one attached hydrogen (secondary N) is 1. The van der Waals surface area contributed by atoms with Gasteiger partial charge in [0.05, 0.1) is 53.3 Å². The summed E-state index contributed by atoms with van der Waals surface area (Å²) in [5.41, 5.74) is 1.48. The molecule has 1 heterocycles. The number of pyridine rings is 1. The summed E-state index contributed by atoms with van der Waals surface area (Å²) in [5, 5.41) is 0.801. The van der Waals surface area contributed by atoms with Crippen LogP contribution in [-0.2, 0) is 6.54 Å². The zero-order chi connectivity index (χ0) is 26.5. The second-order valence-electron chi connectivity index (χ2n) is 8.05. The third-order valence-electron chi connectivity index (χ3n) is 5.99. The predicted octanol–water partition coefficient (Wildman–Crippen LogP) is 4.42. The lowest BCUT2D eigenvalue weighted by molar-refractivity contribution is 0.0983. The normalized spacial score (nSPS) is 10.6. The number of H-pyrrole nitrogens is 1. The molecule has 4 rings (SSSR count). The molecule has 0 aliphatic heterocycles. The number of para-hydroxylation sites is 2. The fourth-order valence-corrected chi connectivity index (χ4v) is 4.12. The van der Waals surface area contributed by atoms with Gasteiger partial charge in [-0.15, -0.1) is 0 Å². The van der Waals surface area contributed by atoms with E-state index in [1.165, 1.54) is 33.3 Å². The molecule has 1 aromatic heterocycles. The van der Waals surface area contributed by atoms with Gasteiger partial charge in [0.15, 0.2) is 11.5 Å². The van der Waals surface area contributed by atoms with E-state index in [1.807, 2.05) is 12.1 Å². The molecule has 0 unspecified atom stereocenters. The third kappa shape index (κ3) is 5.02. The van der Waals surface area contributed by atoms with Crippen molar-refractivity contribution in [1.82, 2.24) is 4.98 Å². The van der Waals surface area contributed by atoms with Crippen LogP contribution < -0.4 is 34.1 Å². The fourth-order valence-electron chi connectivity index (χ4n) is 4.12. The summed E-state index contributed by atoms with van der Waals surface area (Å²) in [6.45, 7) is -0.0207. The molecule has 1 N–H and O–H groups in total. The Morgan fingerprint density at radius 1 is 0.784 bits per heavy atom. The van der Waals surface area contributed by atoms with Crippen molar-refractivity contribution in [3.8, 4) is 28.7 Å². The Kier molecular flexibility index (Phi) is 7.52. The molecule has 37 heavy (non-hydrogen) atoms. The van der Waals surface area contributed by atoms with E-state index in [9.17, 15) is 9.59 Å². The number of hydrogen-bond donors (Lipinski definition) is 1. The molecule has 0 saturated heterocycles. The van der Waals surface area contributed by atoms with Gasteiger partial charge in [-0.2, -0.15) is 0 Å². The van der Waals surface area contributed by atoms with Crippen molar-refractivity contribution in [1.29, 1.82) is 0 Å². The van der Waals surface area contributed by atoms with Gasteiger partial charge in [0.2, 0.25) is 5.75 Å². The van der Waals surface area contributed by atoms with Crippen LogP contribution in [0.4, 0.5) is 5.69 Å². The van der Waals surface area contributed by atoms with Gasteiger partial charge >= 0.3 is 0 Å². The molecular weight excluding hydrogens is 476 g/mol. The Bertz CT molecular complexity index is 1470. The number of nitrogens with zero attached hydrogens (tertiary/aromatic N) is 1.